The summed E-state index contributed by atoms with van der Waals surface area (Å²) in [6.07, 6.45) is 2.33. The number of ether oxygens (including phenoxy) is 1. The van der Waals surface area contributed by atoms with Crippen LogP contribution >= 0.6 is 0 Å². The van der Waals surface area contributed by atoms with E-state index in [9.17, 15) is 0 Å². The molecule has 0 aromatic heterocycles. The second-order valence-corrected chi connectivity index (χ2v) is 5.97. The van der Waals surface area contributed by atoms with Crippen molar-refractivity contribution in [2.75, 3.05) is 33.4 Å². The van der Waals surface area contributed by atoms with E-state index >= 15 is 0 Å². The van der Waals surface area contributed by atoms with Gasteiger partial charge in [0.05, 0.1) is 12.1 Å². The Morgan fingerprint density at radius 3 is 2.75 bits per heavy atom. The van der Waals surface area contributed by atoms with Crippen molar-refractivity contribution in [2.45, 2.75) is 38.3 Å². The zero-order valence-corrected chi connectivity index (χ0v) is 13.1. The molecule has 0 radical (unpaired) electrons. The normalized spacial score (nSPS) is 26.1. The second kappa shape index (κ2) is 7.21. The molecule has 1 aliphatic heterocycles. The molecule has 0 spiro atoms. The molecule has 3 nitrogen and oxygen atoms in total. The Hall–Kier alpha value is -0.900. The molecule has 0 aliphatic carbocycles. The van der Waals surface area contributed by atoms with Crippen LogP contribution in [0.25, 0.3) is 0 Å². The summed E-state index contributed by atoms with van der Waals surface area (Å²) in [5, 5.41) is 3.74. The third-order valence-corrected chi connectivity index (χ3v) is 4.41. The standard InChI is InChI=1S/C17H28N2O/c1-4-16(13-20-3)19-12-8-11-18-17(2,14-19)15-9-6-5-7-10-15/h5-7,9-10,16,18H,4,8,11-14H2,1-3H3. The highest BCUT2D eigenvalue weighted by Gasteiger charge is 2.32. The van der Waals surface area contributed by atoms with Crippen molar-refractivity contribution in [3.63, 3.8) is 0 Å². The molecule has 1 saturated heterocycles. The largest absolute Gasteiger partial charge is 0.383 e. The summed E-state index contributed by atoms with van der Waals surface area (Å²) in [4.78, 5) is 2.59. The first-order valence-electron chi connectivity index (χ1n) is 7.73. The van der Waals surface area contributed by atoms with Crippen LogP contribution in [-0.2, 0) is 10.3 Å². The van der Waals surface area contributed by atoms with E-state index in [1.54, 1.807) is 7.11 Å². The van der Waals surface area contributed by atoms with Crippen molar-refractivity contribution in [1.82, 2.24) is 10.2 Å². The van der Waals surface area contributed by atoms with Crippen molar-refractivity contribution in [3.05, 3.63) is 35.9 Å². The molecule has 112 valence electrons. The van der Waals surface area contributed by atoms with Crippen molar-refractivity contribution >= 4 is 0 Å². The molecule has 2 rings (SSSR count). The number of nitrogens with zero attached hydrogens (tertiary/aromatic N) is 1. The highest BCUT2D eigenvalue weighted by atomic mass is 16.5. The molecule has 2 atom stereocenters. The number of hydrogen-bond donors (Lipinski definition) is 1. The van der Waals surface area contributed by atoms with E-state index in [-0.39, 0.29) is 5.54 Å². The maximum Gasteiger partial charge on any atom is 0.0617 e. The number of hydrogen-bond acceptors (Lipinski definition) is 3. The van der Waals surface area contributed by atoms with Crippen LogP contribution in [0.1, 0.15) is 32.3 Å². The molecule has 1 aromatic carbocycles. The van der Waals surface area contributed by atoms with Gasteiger partial charge < -0.3 is 10.1 Å². The van der Waals surface area contributed by atoms with Crippen LogP contribution in [0.3, 0.4) is 0 Å². The summed E-state index contributed by atoms with van der Waals surface area (Å²) in [5.41, 5.74) is 1.40. The van der Waals surface area contributed by atoms with Crippen LogP contribution < -0.4 is 5.32 Å². The van der Waals surface area contributed by atoms with E-state index in [0.29, 0.717) is 6.04 Å². The van der Waals surface area contributed by atoms with Gasteiger partial charge in [-0.05, 0) is 38.4 Å². The van der Waals surface area contributed by atoms with Crippen LogP contribution in [-0.4, -0.2) is 44.3 Å². The van der Waals surface area contributed by atoms with Gasteiger partial charge in [-0.3, -0.25) is 4.90 Å². The van der Waals surface area contributed by atoms with E-state index in [1.165, 1.54) is 12.0 Å². The average molecular weight is 276 g/mol. The topological polar surface area (TPSA) is 24.5 Å². The Morgan fingerprint density at radius 2 is 2.10 bits per heavy atom. The van der Waals surface area contributed by atoms with E-state index < -0.39 is 0 Å². The zero-order valence-electron chi connectivity index (χ0n) is 13.1. The minimum atomic E-state index is 0.0267. The second-order valence-electron chi connectivity index (χ2n) is 5.97. The summed E-state index contributed by atoms with van der Waals surface area (Å²) in [5.74, 6) is 0. The smallest absolute Gasteiger partial charge is 0.0617 e. The minimum absolute atomic E-state index is 0.0267. The van der Waals surface area contributed by atoms with E-state index in [1.807, 2.05) is 0 Å². The molecule has 0 amide bonds. The van der Waals surface area contributed by atoms with Gasteiger partial charge in [0, 0.05) is 19.7 Å². The predicted octanol–water partition coefficient (Wildman–Crippen LogP) is 2.62. The summed E-state index contributed by atoms with van der Waals surface area (Å²) in [6.45, 7) is 8.66. The van der Waals surface area contributed by atoms with Crippen LogP contribution in [0, 0.1) is 0 Å². The number of methoxy groups -OCH3 is 1. The van der Waals surface area contributed by atoms with Gasteiger partial charge in [-0.1, -0.05) is 37.3 Å². The molecule has 0 saturated carbocycles. The first-order chi connectivity index (χ1) is 9.69. The lowest BCUT2D eigenvalue weighted by atomic mass is 9.91. The maximum atomic E-state index is 5.40. The fourth-order valence-corrected chi connectivity index (χ4v) is 3.17. The lowest BCUT2D eigenvalue weighted by Gasteiger charge is -2.37. The van der Waals surface area contributed by atoms with Crippen LogP contribution in [0.5, 0.6) is 0 Å². The highest BCUT2D eigenvalue weighted by molar-refractivity contribution is 5.24. The Labute approximate surface area is 123 Å². The van der Waals surface area contributed by atoms with Gasteiger partial charge in [0.15, 0.2) is 0 Å². The van der Waals surface area contributed by atoms with Gasteiger partial charge in [-0.2, -0.15) is 0 Å². The lowest BCUT2D eigenvalue weighted by Crippen LogP contribution is -2.49. The monoisotopic (exact) mass is 276 g/mol. The van der Waals surface area contributed by atoms with Crippen molar-refractivity contribution in [3.8, 4) is 0 Å². The summed E-state index contributed by atoms with van der Waals surface area (Å²) >= 11 is 0. The van der Waals surface area contributed by atoms with E-state index in [4.69, 9.17) is 4.74 Å². The summed E-state index contributed by atoms with van der Waals surface area (Å²) in [6, 6.07) is 11.3. The van der Waals surface area contributed by atoms with Gasteiger partial charge in [0.2, 0.25) is 0 Å². The molecule has 1 heterocycles. The van der Waals surface area contributed by atoms with Crippen LogP contribution in [0.4, 0.5) is 0 Å². The predicted molar refractivity (Wildman–Crippen MR) is 83.9 cm³/mol. The number of benzene rings is 1. The van der Waals surface area contributed by atoms with E-state index in [2.05, 4.69) is 54.4 Å². The highest BCUT2D eigenvalue weighted by Crippen LogP contribution is 2.25. The van der Waals surface area contributed by atoms with Crippen LogP contribution in [0.15, 0.2) is 30.3 Å². The fourth-order valence-electron chi connectivity index (χ4n) is 3.17. The first-order valence-corrected chi connectivity index (χ1v) is 7.73. The van der Waals surface area contributed by atoms with Gasteiger partial charge in [0.1, 0.15) is 0 Å². The SMILES string of the molecule is CCC(COC)N1CCCNC(C)(c2ccccc2)C1. The summed E-state index contributed by atoms with van der Waals surface area (Å²) < 4.78 is 5.40. The average Bonchev–Trinajstić information content (AvgIpc) is 2.68. The molecule has 2 unspecified atom stereocenters. The van der Waals surface area contributed by atoms with Crippen molar-refractivity contribution in [1.29, 1.82) is 0 Å². The first kappa shape index (κ1) is 15.5. The maximum absolute atomic E-state index is 5.40. The van der Waals surface area contributed by atoms with Gasteiger partial charge in [0.25, 0.3) is 0 Å². The fraction of sp³-hybridized carbons (Fsp3) is 0.647. The van der Waals surface area contributed by atoms with Gasteiger partial charge in [-0.25, -0.2) is 0 Å². The molecule has 1 fully saturated rings. The quantitative estimate of drug-likeness (QED) is 0.895. The molecular weight excluding hydrogens is 248 g/mol. The third kappa shape index (κ3) is 3.60. The lowest BCUT2D eigenvalue weighted by molar-refractivity contribution is 0.0759. The zero-order chi connectivity index (χ0) is 14.4. The molecule has 1 N–H and O–H groups in total. The molecular formula is C17H28N2O. The molecule has 20 heavy (non-hydrogen) atoms. The molecule has 1 aliphatic rings. The Morgan fingerprint density at radius 1 is 1.35 bits per heavy atom. The molecule has 3 heteroatoms. The molecule has 1 aromatic rings. The summed E-state index contributed by atoms with van der Waals surface area (Å²) in [7, 11) is 1.80. The van der Waals surface area contributed by atoms with Crippen molar-refractivity contribution in [2.24, 2.45) is 0 Å². The minimum Gasteiger partial charge on any atom is -0.383 e. The van der Waals surface area contributed by atoms with Gasteiger partial charge >= 0.3 is 0 Å². The number of nitrogens with one attached hydrogen (secondary N) is 1. The third-order valence-electron chi connectivity index (χ3n) is 4.41. The Balaban J connectivity index is 2.17. The van der Waals surface area contributed by atoms with Crippen LogP contribution in [0.2, 0.25) is 0 Å². The van der Waals surface area contributed by atoms with E-state index in [0.717, 1.165) is 32.7 Å². The van der Waals surface area contributed by atoms with Gasteiger partial charge in [-0.15, -0.1) is 0 Å². The Kier molecular flexibility index (Phi) is 5.58. The Bertz CT molecular complexity index is 395. The van der Waals surface area contributed by atoms with Crippen molar-refractivity contribution < 1.29 is 4.74 Å². The number of rotatable bonds is 5. The molecule has 0 bridgehead atoms.